The van der Waals surface area contributed by atoms with Crippen LogP contribution in [0.15, 0.2) is 34.6 Å². The van der Waals surface area contributed by atoms with Crippen LogP contribution < -0.4 is 15.8 Å². The first-order chi connectivity index (χ1) is 12.3. The molecule has 2 rings (SSSR count). The van der Waals surface area contributed by atoms with E-state index in [1.807, 2.05) is 0 Å². The highest BCUT2D eigenvalue weighted by Gasteiger charge is 2.23. The lowest BCUT2D eigenvalue weighted by molar-refractivity contribution is -0.129. The molecule has 1 saturated carbocycles. The molecule has 0 heterocycles. The number of aliphatic carboxylic acids is 1. The highest BCUT2D eigenvalue weighted by molar-refractivity contribution is 6.58. The fourth-order valence-electron chi connectivity index (χ4n) is 2.11. The summed E-state index contributed by atoms with van der Waals surface area (Å²) in [7, 11) is 1.26. The Morgan fingerprint density at radius 3 is 2.73 bits per heavy atom. The van der Waals surface area contributed by atoms with E-state index in [4.69, 9.17) is 33.7 Å². The number of rotatable bonds is 8. The highest BCUT2D eigenvalue weighted by Crippen LogP contribution is 2.33. The summed E-state index contributed by atoms with van der Waals surface area (Å²) in [5, 5.41) is 12.0. The average Bonchev–Trinajstić information content (AvgIpc) is 3.41. The van der Waals surface area contributed by atoms with Gasteiger partial charge in [-0.2, -0.15) is 0 Å². The van der Waals surface area contributed by atoms with Gasteiger partial charge < -0.3 is 20.9 Å². The lowest BCUT2D eigenvalue weighted by atomic mass is 10.1. The molecule has 1 fully saturated rings. The van der Waals surface area contributed by atoms with Crippen LogP contribution in [0.4, 0.5) is 4.39 Å². The molecule has 0 bridgehead atoms. The van der Waals surface area contributed by atoms with E-state index < -0.39 is 17.5 Å². The van der Waals surface area contributed by atoms with Crippen LogP contribution >= 0.6 is 23.2 Å². The van der Waals surface area contributed by atoms with Gasteiger partial charge in [0.2, 0.25) is 0 Å². The Hall–Kier alpha value is -2.25. The predicted molar refractivity (Wildman–Crippen MR) is 99.9 cm³/mol. The van der Waals surface area contributed by atoms with Crippen LogP contribution in [-0.4, -0.2) is 30.4 Å². The maximum absolute atomic E-state index is 14.4. The van der Waals surface area contributed by atoms with E-state index in [1.54, 1.807) is 0 Å². The van der Waals surface area contributed by atoms with Gasteiger partial charge in [0.1, 0.15) is 10.9 Å². The van der Waals surface area contributed by atoms with Crippen molar-refractivity contribution in [2.75, 3.05) is 13.7 Å². The molecule has 4 N–H and O–H groups in total. The van der Waals surface area contributed by atoms with Gasteiger partial charge in [0.15, 0.2) is 17.3 Å². The number of methoxy groups -OCH3 is 1. The van der Waals surface area contributed by atoms with Gasteiger partial charge in [0.25, 0.3) is 0 Å². The molecule has 0 radical (unpaired) electrons. The van der Waals surface area contributed by atoms with Crippen molar-refractivity contribution in [3.63, 3.8) is 0 Å². The van der Waals surface area contributed by atoms with E-state index in [9.17, 15) is 14.3 Å². The lowest BCUT2D eigenvalue weighted by Gasteiger charge is -2.11. The summed E-state index contributed by atoms with van der Waals surface area (Å²) in [6, 6.07) is 2.71. The Morgan fingerprint density at radius 2 is 2.19 bits per heavy atom. The molecule has 1 aliphatic rings. The highest BCUT2D eigenvalue weighted by atomic mass is 35.5. The number of carboxylic acid groups (broad SMARTS) is 1. The van der Waals surface area contributed by atoms with Crippen molar-refractivity contribution in [2.45, 2.75) is 12.8 Å². The third kappa shape index (κ3) is 4.68. The molecule has 0 amide bonds. The molecule has 0 aliphatic heterocycles. The summed E-state index contributed by atoms with van der Waals surface area (Å²) < 4.78 is 19.3. The third-order valence-corrected chi connectivity index (χ3v) is 4.42. The Kier molecular flexibility index (Phi) is 6.50. The fraction of sp³-hybridized carbons (Fsp3) is 0.294. The summed E-state index contributed by atoms with van der Waals surface area (Å²) in [5.41, 5.74) is 5.01. The molecule has 1 aromatic carbocycles. The van der Waals surface area contributed by atoms with E-state index >= 15 is 0 Å². The van der Waals surface area contributed by atoms with Crippen molar-refractivity contribution in [3.05, 3.63) is 46.0 Å². The van der Waals surface area contributed by atoms with Gasteiger partial charge >= 0.3 is 5.97 Å². The van der Waals surface area contributed by atoms with E-state index in [0.29, 0.717) is 12.5 Å². The number of carboxylic acids is 1. The van der Waals surface area contributed by atoms with Gasteiger partial charge in [0.05, 0.1) is 17.8 Å². The van der Waals surface area contributed by atoms with Crippen molar-refractivity contribution in [3.8, 4) is 5.75 Å². The molecule has 0 unspecified atom stereocenters. The largest absolute Gasteiger partial charge is 0.492 e. The zero-order valence-electron chi connectivity index (χ0n) is 14.0. The molecule has 0 spiro atoms. The molecule has 0 atom stereocenters. The number of aliphatic imine (C=N–C) groups is 1. The predicted octanol–water partition coefficient (Wildman–Crippen LogP) is 3.35. The Bertz CT molecular complexity index is 805. The van der Waals surface area contributed by atoms with Crippen LogP contribution in [0, 0.1) is 11.7 Å². The van der Waals surface area contributed by atoms with Crippen LogP contribution in [0.1, 0.15) is 18.4 Å². The van der Waals surface area contributed by atoms with Crippen molar-refractivity contribution in [2.24, 2.45) is 16.6 Å². The summed E-state index contributed by atoms with van der Waals surface area (Å²) in [4.78, 5) is 15.4. The second-order valence-corrected chi connectivity index (χ2v) is 6.49. The number of hydrogen-bond acceptors (Lipinski definition) is 5. The first kappa shape index (κ1) is 20.1. The summed E-state index contributed by atoms with van der Waals surface area (Å²) in [6.45, 7) is 4.20. The maximum atomic E-state index is 14.4. The molecule has 26 heavy (non-hydrogen) atoms. The number of carbonyl (C=O) groups is 1. The standard InChI is InChI=1S/C17H18Cl2FN3O3/c1-8(10-5-6-11(18)15(26-2)13(10)20)23-14(17(24)25)12(19)16(21)22-7-9-3-4-9/h5-6,9,22H,1,3-4,7,21H2,2H3,(H,24,25)/b16-12-,23-14+. The zero-order chi connectivity index (χ0) is 19.4. The molecule has 0 aromatic heterocycles. The minimum Gasteiger partial charge on any atom is -0.492 e. The minimum atomic E-state index is -1.42. The molecule has 6 nitrogen and oxygen atoms in total. The van der Waals surface area contributed by atoms with Crippen LogP contribution in [0.3, 0.4) is 0 Å². The van der Waals surface area contributed by atoms with Crippen molar-refractivity contribution < 1.29 is 19.0 Å². The van der Waals surface area contributed by atoms with E-state index in [-0.39, 0.29) is 32.9 Å². The maximum Gasteiger partial charge on any atom is 0.356 e. The van der Waals surface area contributed by atoms with Gasteiger partial charge in [0, 0.05) is 12.1 Å². The number of halogens is 3. The zero-order valence-corrected chi connectivity index (χ0v) is 15.5. The van der Waals surface area contributed by atoms with Gasteiger partial charge in [-0.25, -0.2) is 14.2 Å². The average molecular weight is 402 g/mol. The molecular formula is C17H18Cl2FN3O3. The number of nitrogens with zero attached hydrogens (tertiary/aromatic N) is 1. The van der Waals surface area contributed by atoms with Crippen LogP contribution in [-0.2, 0) is 4.79 Å². The van der Waals surface area contributed by atoms with E-state index in [0.717, 1.165) is 12.8 Å². The van der Waals surface area contributed by atoms with Crippen molar-refractivity contribution >= 4 is 40.6 Å². The fourth-order valence-corrected chi connectivity index (χ4v) is 2.52. The third-order valence-electron chi connectivity index (χ3n) is 3.74. The Labute approximate surface area is 160 Å². The second kappa shape index (κ2) is 8.42. The molecule has 1 aliphatic carbocycles. The number of hydrogen-bond donors (Lipinski definition) is 3. The number of benzene rings is 1. The quantitative estimate of drug-likeness (QED) is 0.580. The van der Waals surface area contributed by atoms with Gasteiger partial charge in [-0.15, -0.1) is 0 Å². The Morgan fingerprint density at radius 1 is 1.54 bits per heavy atom. The monoisotopic (exact) mass is 401 g/mol. The molecule has 1 aromatic rings. The number of nitrogens with two attached hydrogens (primary N) is 1. The summed E-state index contributed by atoms with van der Waals surface area (Å²) >= 11 is 11.9. The van der Waals surface area contributed by atoms with Gasteiger partial charge in [-0.1, -0.05) is 29.8 Å². The van der Waals surface area contributed by atoms with Crippen LogP contribution in [0.5, 0.6) is 5.75 Å². The Balaban J connectivity index is 2.34. The molecular weight excluding hydrogens is 384 g/mol. The van der Waals surface area contributed by atoms with Gasteiger partial charge in [-0.05, 0) is 30.9 Å². The van der Waals surface area contributed by atoms with Crippen LogP contribution in [0.25, 0.3) is 5.70 Å². The van der Waals surface area contributed by atoms with Crippen LogP contribution in [0.2, 0.25) is 5.02 Å². The first-order valence-electron chi connectivity index (χ1n) is 7.69. The van der Waals surface area contributed by atoms with E-state index in [2.05, 4.69) is 16.9 Å². The van der Waals surface area contributed by atoms with E-state index in [1.165, 1.54) is 19.2 Å². The lowest BCUT2D eigenvalue weighted by Crippen LogP contribution is -2.27. The van der Waals surface area contributed by atoms with Gasteiger partial charge in [-0.3, -0.25) is 0 Å². The minimum absolute atomic E-state index is 0.0123. The molecule has 0 saturated heterocycles. The summed E-state index contributed by atoms with van der Waals surface area (Å²) in [5.74, 6) is -1.92. The normalized spacial score (nSPS) is 15.3. The SMILES string of the molecule is C=C(/N=C(C(=O)O)\C(Cl)=C(/N)NCC1CC1)c1ccc(Cl)c(OC)c1F. The topological polar surface area (TPSA) is 96.9 Å². The van der Waals surface area contributed by atoms with Crippen molar-refractivity contribution in [1.29, 1.82) is 0 Å². The molecule has 140 valence electrons. The smallest absolute Gasteiger partial charge is 0.356 e. The molecule has 9 heteroatoms. The first-order valence-corrected chi connectivity index (χ1v) is 8.44. The number of ether oxygens (including phenoxy) is 1. The summed E-state index contributed by atoms with van der Waals surface area (Å²) in [6.07, 6.45) is 2.18. The number of nitrogens with one attached hydrogen (secondary N) is 1. The second-order valence-electron chi connectivity index (χ2n) is 5.71. The van der Waals surface area contributed by atoms with Crippen molar-refractivity contribution in [1.82, 2.24) is 5.32 Å².